The van der Waals surface area contributed by atoms with Gasteiger partial charge in [-0.25, -0.2) is 0 Å². The second-order valence-electron chi connectivity index (χ2n) is 7.71. The Kier molecular flexibility index (Phi) is 10.5. The fourth-order valence-electron chi connectivity index (χ4n) is 3.89. The van der Waals surface area contributed by atoms with Gasteiger partial charge in [-0.15, -0.1) is 0 Å². The summed E-state index contributed by atoms with van der Waals surface area (Å²) in [7, 11) is 1.71. The summed E-state index contributed by atoms with van der Waals surface area (Å²) in [6.07, 6.45) is 1.83. The molecule has 3 rings (SSSR count). The maximum Gasteiger partial charge on any atom is 0.184 e. The summed E-state index contributed by atoms with van der Waals surface area (Å²) in [5.74, 6) is 0. The molecule has 2 atom stereocenters. The van der Waals surface area contributed by atoms with Crippen LogP contribution in [0.25, 0.3) is 0 Å². The lowest BCUT2D eigenvalue weighted by molar-refractivity contribution is -0.234. The Balaban J connectivity index is 1.48. The maximum absolute atomic E-state index is 6.23. The van der Waals surface area contributed by atoms with Crippen molar-refractivity contribution in [2.24, 2.45) is 0 Å². The maximum atomic E-state index is 6.23. The van der Waals surface area contributed by atoms with E-state index in [1.165, 1.54) is 0 Å². The Bertz CT molecular complexity index is 571. The fourth-order valence-corrected chi connectivity index (χ4v) is 3.89. The van der Waals surface area contributed by atoms with Gasteiger partial charge in [-0.05, 0) is 19.4 Å². The van der Waals surface area contributed by atoms with E-state index in [0.29, 0.717) is 46.1 Å². The summed E-state index contributed by atoms with van der Waals surface area (Å²) in [5.41, 5.74) is 1.04. The number of benzene rings is 1. The molecule has 2 heterocycles. The minimum absolute atomic E-state index is 0.0699. The van der Waals surface area contributed by atoms with Crippen LogP contribution in [0.3, 0.4) is 0 Å². The first-order valence-corrected chi connectivity index (χ1v) is 11.0. The van der Waals surface area contributed by atoms with Gasteiger partial charge in [0, 0.05) is 25.3 Å². The SMILES string of the molecule is CCNCOCN1CCC[C@H](NCOC)[C@@H]1COC1COC(c2ccccc2)OC1. The number of hydrogen-bond donors (Lipinski definition) is 2. The van der Waals surface area contributed by atoms with Gasteiger partial charge in [0.25, 0.3) is 0 Å². The van der Waals surface area contributed by atoms with Crippen molar-refractivity contribution >= 4 is 0 Å². The highest BCUT2D eigenvalue weighted by molar-refractivity contribution is 5.16. The molecular formula is C22H37N3O5. The van der Waals surface area contributed by atoms with Crippen molar-refractivity contribution in [2.75, 3.05) is 60.2 Å². The molecule has 8 nitrogen and oxygen atoms in total. The summed E-state index contributed by atoms with van der Waals surface area (Å²) in [5, 5.41) is 6.69. The van der Waals surface area contributed by atoms with Crippen molar-refractivity contribution in [1.29, 1.82) is 0 Å². The Morgan fingerprint density at radius 2 is 1.93 bits per heavy atom. The van der Waals surface area contributed by atoms with Gasteiger partial charge >= 0.3 is 0 Å². The highest BCUT2D eigenvalue weighted by Crippen LogP contribution is 2.24. The predicted molar refractivity (Wildman–Crippen MR) is 114 cm³/mol. The van der Waals surface area contributed by atoms with Crippen LogP contribution < -0.4 is 10.6 Å². The van der Waals surface area contributed by atoms with E-state index >= 15 is 0 Å². The monoisotopic (exact) mass is 423 g/mol. The van der Waals surface area contributed by atoms with Gasteiger partial charge in [0.15, 0.2) is 6.29 Å². The van der Waals surface area contributed by atoms with Crippen LogP contribution >= 0.6 is 0 Å². The number of likely N-dealkylation sites (tertiary alicyclic amines) is 1. The first kappa shape index (κ1) is 23.6. The van der Waals surface area contributed by atoms with E-state index in [4.69, 9.17) is 23.7 Å². The van der Waals surface area contributed by atoms with E-state index in [2.05, 4.69) is 22.5 Å². The van der Waals surface area contributed by atoms with E-state index in [9.17, 15) is 0 Å². The van der Waals surface area contributed by atoms with E-state index in [-0.39, 0.29) is 18.4 Å². The Labute approximate surface area is 180 Å². The van der Waals surface area contributed by atoms with Crippen LogP contribution in [0.4, 0.5) is 0 Å². The molecule has 2 aliphatic rings. The summed E-state index contributed by atoms with van der Waals surface area (Å²) >= 11 is 0. The average Bonchev–Trinajstić information content (AvgIpc) is 2.80. The molecule has 2 saturated heterocycles. The molecule has 0 spiro atoms. The smallest absolute Gasteiger partial charge is 0.184 e. The standard InChI is InChI=1S/C22H37N3O5/c1-3-23-15-27-17-25-11-7-10-20(24-16-26-2)21(25)14-28-19-12-29-22(30-13-19)18-8-5-4-6-9-18/h4-6,8-9,19-24H,3,7,10-17H2,1-2H3/t19?,20-,21-,22?/m0/s1. The van der Waals surface area contributed by atoms with Crippen molar-refractivity contribution in [3.05, 3.63) is 35.9 Å². The third-order valence-electron chi connectivity index (χ3n) is 5.54. The molecule has 1 aromatic rings. The number of nitrogens with zero attached hydrogens (tertiary/aromatic N) is 1. The number of piperidine rings is 1. The third kappa shape index (κ3) is 7.25. The van der Waals surface area contributed by atoms with Gasteiger partial charge < -0.3 is 23.7 Å². The zero-order valence-corrected chi connectivity index (χ0v) is 18.3. The Hall–Kier alpha value is -1.10. The molecule has 2 N–H and O–H groups in total. The minimum Gasteiger partial charge on any atom is -0.372 e. The van der Waals surface area contributed by atoms with Gasteiger partial charge in [-0.2, -0.15) is 0 Å². The van der Waals surface area contributed by atoms with Gasteiger partial charge in [-0.3, -0.25) is 15.5 Å². The molecule has 2 aliphatic heterocycles. The second kappa shape index (κ2) is 13.3. The molecule has 170 valence electrons. The van der Waals surface area contributed by atoms with Crippen molar-refractivity contribution in [1.82, 2.24) is 15.5 Å². The molecule has 0 amide bonds. The zero-order valence-electron chi connectivity index (χ0n) is 18.3. The second-order valence-corrected chi connectivity index (χ2v) is 7.71. The molecule has 1 aromatic carbocycles. The molecule has 0 aliphatic carbocycles. The van der Waals surface area contributed by atoms with Crippen molar-refractivity contribution in [2.45, 2.75) is 44.2 Å². The molecule has 0 aromatic heterocycles. The summed E-state index contributed by atoms with van der Waals surface area (Å²) in [6, 6.07) is 10.5. The van der Waals surface area contributed by atoms with Gasteiger partial charge in [0.1, 0.15) is 12.8 Å². The van der Waals surface area contributed by atoms with Crippen LogP contribution in [-0.4, -0.2) is 83.3 Å². The fraction of sp³-hybridized carbons (Fsp3) is 0.727. The molecule has 0 bridgehead atoms. The van der Waals surface area contributed by atoms with Crippen LogP contribution in [0.2, 0.25) is 0 Å². The minimum atomic E-state index is -0.312. The van der Waals surface area contributed by atoms with Crippen LogP contribution in [-0.2, 0) is 23.7 Å². The topological polar surface area (TPSA) is 73.5 Å². The molecule has 0 saturated carbocycles. The zero-order chi connectivity index (χ0) is 21.0. The summed E-state index contributed by atoms with van der Waals surface area (Å²) in [4.78, 5) is 2.35. The van der Waals surface area contributed by atoms with Crippen LogP contribution in [0.5, 0.6) is 0 Å². The first-order chi connectivity index (χ1) is 14.8. The molecular weight excluding hydrogens is 386 g/mol. The van der Waals surface area contributed by atoms with Crippen molar-refractivity contribution in [3.63, 3.8) is 0 Å². The van der Waals surface area contributed by atoms with E-state index < -0.39 is 0 Å². The number of hydrogen-bond acceptors (Lipinski definition) is 8. The number of methoxy groups -OCH3 is 1. The van der Waals surface area contributed by atoms with Crippen molar-refractivity contribution < 1.29 is 23.7 Å². The van der Waals surface area contributed by atoms with E-state index in [1.807, 2.05) is 30.3 Å². The molecule has 30 heavy (non-hydrogen) atoms. The first-order valence-electron chi connectivity index (χ1n) is 11.0. The normalized spacial score (nSPS) is 27.9. The highest BCUT2D eigenvalue weighted by atomic mass is 16.7. The van der Waals surface area contributed by atoms with E-state index in [1.54, 1.807) is 7.11 Å². The number of rotatable bonds is 12. The summed E-state index contributed by atoms with van der Waals surface area (Å²) < 4.78 is 29.1. The highest BCUT2D eigenvalue weighted by Gasteiger charge is 2.33. The summed E-state index contributed by atoms with van der Waals surface area (Å²) in [6.45, 7) is 7.29. The lowest BCUT2D eigenvalue weighted by Gasteiger charge is -2.42. The van der Waals surface area contributed by atoms with Crippen molar-refractivity contribution in [3.8, 4) is 0 Å². The molecule has 8 heteroatoms. The molecule has 2 fully saturated rings. The van der Waals surface area contributed by atoms with E-state index in [0.717, 1.165) is 31.5 Å². The predicted octanol–water partition coefficient (Wildman–Crippen LogP) is 1.68. The lowest BCUT2D eigenvalue weighted by atomic mass is 9.97. The van der Waals surface area contributed by atoms with Crippen LogP contribution in [0, 0.1) is 0 Å². The van der Waals surface area contributed by atoms with Gasteiger partial charge in [0.05, 0.1) is 39.3 Å². The third-order valence-corrected chi connectivity index (χ3v) is 5.54. The number of nitrogens with one attached hydrogen (secondary N) is 2. The van der Waals surface area contributed by atoms with Crippen LogP contribution in [0.1, 0.15) is 31.6 Å². The molecule has 0 radical (unpaired) electrons. The van der Waals surface area contributed by atoms with Gasteiger partial charge in [-0.1, -0.05) is 37.3 Å². The number of ether oxygens (including phenoxy) is 5. The average molecular weight is 424 g/mol. The largest absolute Gasteiger partial charge is 0.372 e. The quantitative estimate of drug-likeness (QED) is 0.389. The Morgan fingerprint density at radius 1 is 1.13 bits per heavy atom. The Morgan fingerprint density at radius 3 is 2.67 bits per heavy atom. The van der Waals surface area contributed by atoms with Crippen LogP contribution in [0.15, 0.2) is 30.3 Å². The molecule has 0 unspecified atom stereocenters. The van der Waals surface area contributed by atoms with Gasteiger partial charge in [0.2, 0.25) is 0 Å². The lowest BCUT2D eigenvalue weighted by Crippen LogP contribution is -2.57.